The maximum Gasteiger partial charge on any atom is 0.490 e. The molecule has 224 valence electrons. The maximum absolute atomic E-state index is 12.3. The molecule has 1 aliphatic heterocycles. The first-order valence-corrected chi connectivity index (χ1v) is 15.1. The molecule has 0 spiro atoms. The Balaban J connectivity index is 2.03. The van der Waals surface area contributed by atoms with E-state index in [-0.39, 0.29) is 31.6 Å². The third-order valence-electron chi connectivity index (χ3n) is 4.53. The predicted molar refractivity (Wildman–Crippen MR) is 128 cm³/mol. The Labute approximate surface area is 223 Å². The van der Waals surface area contributed by atoms with Crippen LogP contribution in [0.4, 0.5) is 0 Å². The molecule has 40 heavy (non-hydrogen) atoms. The van der Waals surface area contributed by atoms with Gasteiger partial charge in [0, 0.05) is 12.6 Å². The highest BCUT2D eigenvalue weighted by molar-refractivity contribution is 7.66. The third kappa shape index (κ3) is 11.2. The molecular formula is C16H24N5O16P3. The monoisotopic (exact) mass is 635 g/mol. The zero-order valence-corrected chi connectivity index (χ0v) is 22.6. The SMILES string of the molecule is NCC(=O)NCC(=O)NCC#Cc1cn([C@H]2C[C@H](O)[C@@H](COP(=O)(O)OP(=O)(O)OP(=O)(O)O)O2)c(=O)[nH]c1=O. The van der Waals surface area contributed by atoms with Gasteiger partial charge in [-0.2, -0.15) is 8.62 Å². The van der Waals surface area contributed by atoms with Gasteiger partial charge < -0.3 is 45.8 Å². The second-order valence-corrected chi connectivity index (χ2v) is 12.0. The van der Waals surface area contributed by atoms with Gasteiger partial charge in [-0.3, -0.25) is 28.5 Å². The number of aliphatic hydroxyl groups is 1. The molecule has 1 fully saturated rings. The molecule has 10 N–H and O–H groups in total. The Morgan fingerprint density at radius 2 is 1.80 bits per heavy atom. The number of phosphoric acid groups is 3. The molecule has 24 heteroatoms. The standard InChI is InChI=1S/C16H24N5O16P3/c17-5-12(23)19-6-13(24)18-3-1-2-9-7-21(16(26)20-15(9)25)14-4-10(22)11(35-14)8-34-39(30,31)37-40(32,33)36-38(27,28)29/h7,10-11,14,22H,3-6,8,17H2,(H,18,24)(H,19,23)(H,30,31)(H,32,33)(H,20,25,26)(H2,27,28,29)/t10-,11+,14+/m0/s1. The van der Waals surface area contributed by atoms with Gasteiger partial charge in [-0.05, 0) is 0 Å². The normalized spacial score (nSPS) is 21.9. The minimum absolute atomic E-state index is 0.239. The van der Waals surface area contributed by atoms with Crippen LogP contribution < -0.4 is 27.6 Å². The van der Waals surface area contributed by atoms with Gasteiger partial charge >= 0.3 is 29.2 Å². The van der Waals surface area contributed by atoms with E-state index >= 15 is 0 Å². The maximum atomic E-state index is 12.3. The molecule has 0 radical (unpaired) electrons. The number of nitrogens with two attached hydrogens (primary N) is 1. The van der Waals surface area contributed by atoms with Crippen LogP contribution in [-0.4, -0.2) is 84.5 Å². The summed E-state index contributed by atoms with van der Waals surface area (Å²) in [5, 5.41) is 14.8. The quantitative estimate of drug-likeness (QED) is 0.0782. The highest BCUT2D eigenvalue weighted by atomic mass is 31.3. The van der Waals surface area contributed by atoms with Crippen molar-refractivity contribution in [2.75, 3.05) is 26.2 Å². The summed E-state index contributed by atoms with van der Waals surface area (Å²) < 4.78 is 51.7. The van der Waals surface area contributed by atoms with E-state index in [1.807, 2.05) is 4.98 Å². The fraction of sp³-hybridized carbons (Fsp3) is 0.500. The van der Waals surface area contributed by atoms with Gasteiger partial charge in [0.1, 0.15) is 17.9 Å². The summed E-state index contributed by atoms with van der Waals surface area (Å²) >= 11 is 0. The second-order valence-electron chi connectivity index (χ2n) is 7.59. The molecule has 0 aliphatic carbocycles. The fourth-order valence-corrected chi connectivity index (χ4v) is 5.92. The number of carbonyl (C=O) groups is 2. The van der Waals surface area contributed by atoms with E-state index in [2.05, 4.69) is 35.6 Å². The van der Waals surface area contributed by atoms with Gasteiger partial charge in [0.05, 0.1) is 32.3 Å². The molecule has 2 heterocycles. The van der Waals surface area contributed by atoms with Crippen LogP contribution in [0.15, 0.2) is 15.8 Å². The molecular weight excluding hydrogens is 611 g/mol. The first-order valence-electron chi connectivity index (χ1n) is 10.6. The minimum Gasteiger partial charge on any atom is -0.390 e. The number of phosphoric ester groups is 1. The largest absolute Gasteiger partial charge is 0.490 e. The number of ether oxygens (including phenoxy) is 1. The Hall–Kier alpha value is -2.53. The summed E-state index contributed by atoms with van der Waals surface area (Å²) in [6.07, 6.45) is -3.47. The number of nitrogens with zero attached hydrogens (tertiary/aromatic N) is 1. The molecule has 2 rings (SSSR count). The lowest BCUT2D eigenvalue weighted by molar-refractivity contribution is -0.125. The third-order valence-corrected chi connectivity index (χ3v) is 8.33. The molecule has 1 saturated heterocycles. The zero-order chi connectivity index (χ0) is 30.3. The number of rotatable bonds is 12. The molecule has 5 atom stereocenters. The summed E-state index contributed by atoms with van der Waals surface area (Å²) in [5.74, 6) is 3.74. The Morgan fingerprint density at radius 3 is 2.42 bits per heavy atom. The Morgan fingerprint density at radius 1 is 1.12 bits per heavy atom. The van der Waals surface area contributed by atoms with Gasteiger partial charge in [0.25, 0.3) is 5.56 Å². The van der Waals surface area contributed by atoms with Crippen molar-refractivity contribution in [2.45, 2.75) is 24.9 Å². The van der Waals surface area contributed by atoms with E-state index < -0.39 is 71.6 Å². The minimum atomic E-state index is -5.76. The van der Waals surface area contributed by atoms with Crippen molar-refractivity contribution >= 4 is 35.3 Å². The number of hydrogen-bond donors (Lipinski definition) is 9. The molecule has 21 nitrogen and oxygen atoms in total. The number of aromatic amines is 1. The number of nitrogens with one attached hydrogen (secondary N) is 3. The Kier molecular flexibility index (Phi) is 11.7. The fourth-order valence-electron chi connectivity index (χ4n) is 2.89. The molecule has 0 saturated carbocycles. The van der Waals surface area contributed by atoms with Crippen LogP contribution in [0.1, 0.15) is 18.2 Å². The summed E-state index contributed by atoms with van der Waals surface area (Å²) in [6, 6.07) is 0. The number of hydrogen-bond acceptors (Lipinski definition) is 13. The lowest BCUT2D eigenvalue weighted by Crippen LogP contribution is -2.39. The van der Waals surface area contributed by atoms with Crippen molar-refractivity contribution in [3.8, 4) is 11.8 Å². The number of carbonyl (C=O) groups excluding carboxylic acids is 2. The summed E-state index contributed by atoms with van der Waals surface area (Å²) in [4.78, 5) is 84.7. The summed E-state index contributed by atoms with van der Waals surface area (Å²) in [6.45, 7) is -1.87. The van der Waals surface area contributed by atoms with Crippen LogP contribution >= 0.6 is 23.5 Å². The number of aromatic nitrogens is 2. The topological polar surface area (TPSA) is 328 Å². The van der Waals surface area contributed by atoms with Crippen LogP contribution in [0.3, 0.4) is 0 Å². The first kappa shape index (κ1) is 33.7. The van der Waals surface area contributed by atoms with E-state index in [4.69, 9.17) is 25.2 Å². The van der Waals surface area contributed by atoms with Crippen LogP contribution in [-0.2, 0) is 41.2 Å². The van der Waals surface area contributed by atoms with Gasteiger partial charge in [0.2, 0.25) is 11.8 Å². The predicted octanol–water partition coefficient (Wildman–Crippen LogP) is -3.93. The van der Waals surface area contributed by atoms with Gasteiger partial charge in [-0.1, -0.05) is 11.8 Å². The average molecular weight is 635 g/mol. The lowest BCUT2D eigenvalue weighted by atomic mass is 10.2. The van der Waals surface area contributed by atoms with E-state index in [9.17, 15) is 42.9 Å². The van der Waals surface area contributed by atoms with Gasteiger partial charge in [-0.15, -0.1) is 0 Å². The summed E-state index contributed by atoms with van der Waals surface area (Å²) in [7, 11) is -16.8. The second kappa shape index (κ2) is 13.9. The smallest absolute Gasteiger partial charge is 0.390 e. The molecule has 1 aromatic heterocycles. The zero-order valence-electron chi connectivity index (χ0n) is 19.9. The Bertz CT molecular complexity index is 1430. The van der Waals surface area contributed by atoms with Crippen molar-refractivity contribution < 1.29 is 65.8 Å². The molecule has 2 amide bonds. The van der Waals surface area contributed by atoms with Gasteiger partial charge in [0.15, 0.2) is 0 Å². The van der Waals surface area contributed by atoms with Gasteiger partial charge in [-0.25, -0.2) is 18.5 Å². The summed E-state index contributed by atoms with van der Waals surface area (Å²) in [5.41, 5.74) is 2.97. The van der Waals surface area contributed by atoms with E-state index in [1.165, 1.54) is 0 Å². The van der Waals surface area contributed by atoms with Crippen molar-refractivity contribution in [1.29, 1.82) is 0 Å². The van der Waals surface area contributed by atoms with Crippen LogP contribution in [0.2, 0.25) is 0 Å². The van der Waals surface area contributed by atoms with Crippen molar-refractivity contribution in [2.24, 2.45) is 5.73 Å². The highest BCUT2D eigenvalue weighted by Crippen LogP contribution is 2.66. The van der Waals surface area contributed by atoms with Crippen molar-refractivity contribution in [1.82, 2.24) is 20.2 Å². The van der Waals surface area contributed by atoms with E-state index in [1.54, 1.807) is 0 Å². The van der Waals surface area contributed by atoms with E-state index in [0.717, 1.165) is 10.8 Å². The molecule has 1 aromatic rings. The van der Waals surface area contributed by atoms with Crippen molar-refractivity contribution in [3.05, 3.63) is 32.6 Å². The molecule has 2 unspecified atom stereocenters. The van der Waals surface area contributed by atoms with Crippen LogP contribution in [0.5, 0.6) is 0 Å². The molecule has 0 aromatic carbocycles. The van der Waals surface area contributed by atoms with Crippen molar-refractivity contribution in [3.63, 3.8) is 0 Å². The first-order chi connectivity index (χ1) is 18.4. The number of amides is 2. The molecule has 0 bridgehead atoms. The number of aliphatic hydroxyl groups excluding tert-OH is 1. The van der Waals surface area contributed by atoms with E-state index in [0.29, 0.717) is 0 Å². The highest BCUT2D eigenvalue weighted by Gasteiger charge is 2.43. The van der Waals surface area contributed by atoms with Crippen LogP contribution in [0.25, 0.3) is 0 Å². The number of H-pyrrole nitrogens is 1. The molecule has 1 aliphatic rings. The lowest BCUT2D eigenvalue weighted by Gasteiger charge is -2.19. The average Bonchev–Trinajstić information content (AvgIpc) is 3.17. The van der Waals surface area contributed by atoms with Crippen LogP contribution in [0, 0.1) is 11.8 Å².